The standard InChI is InChI=1S/C17H14Cl2N4.C2H6.CH2O/c1-20-21-16-10-14(11-6-8-12(18)9-7-11)17(23-22-16)13-4-2-3-5-15(13)19;2*1-2/h2-10,20H,1H3,(H,21,22);1-2H3;1H2. The fourth-order valence-electron chi connectivity index (χ4n) is 2.28. The SMILES string of the molecule is C=O.CC.CNNc1cc(-c2ccc(Cl)cc2)c(-c2ccccc2Cl)nn1. The second kappa shape index (κ2) is 12.0. The summed E-state index contributed by atoms with van der Waals surface area (Å²) in [6, 6.07) is 17.1. The van der Waals surface area contributed by atoms with Crippen LogP contribution in [-0.2, 0) is 4.79 Å². The summed E-state index contributed by atoms with van der Waals surface area (Å²) < 4.78 is 0. The van der Waals surface area contributed by atoms with Gasteiger partial charge in [0.25, 0.3) is 0 Å². The number of hydrogen-bond acceptors (Lipinski definition) is 5. The van der Waals surface area contributed by atoms with E-state index in [2.05, 4.69) is 21.0 Å². The smallest absolute Gasteiger partial charge is 0.163 e. The van der Waals surface area contributed by atoms with Gasteiger partial charge in [-0.1, -0.05) is 67.4 Å². The van der Waals surface area contributed by atoms with Crippen molar-refractivity contribution in [3.05, 3.63) is 64.6 Å². The molecule has 0 bridgehead atoms. The molecule has 142 valence electrons. The highest BCUT2D eigenvalue weighted by Crippen LogP contribution is 2.35. The topological polar surface area (TPSA) is 66.9 Å². The molecule has 7 heteroatoms. The highest BCUT2D eigenvalue weighted by atomic mass is 35.5. The van der Waals surface area contributed by atoms with Crippen LogP contribution in [0.5, 0.6) is 0 Å². The monoisotopic (exact) mass is 404 g/mol. The maximum Gasteiger partial charge on any atom is 0.163 e. The van der Waals surface area contributed by atoms with E-state index in [1.807, 2.05) is 75.2 Å². The van der Waals surface area contributed by atoms with E-state index in [0.29, 0.717) is 15.9 Å². The lowest BCUT2D eigenvalue weighted by Crippen LogP contribution is -2.16. The Morgan fingerprint density at radius 2 is 1.52 bits per heavy atom. The Balaban J connectivity index is 0.000000855. The van der Waals surface area contributed by atoms with E-state index >= 15 is 0 Å². The van der Waals surface area contributed by atoms with Gasteiger partial charge in [-0.05, 0) is 29.8 Å². The summed E-state index contributed by atoms with van der Waals surface area (Å²) in [5, 5.41) is 9.85. The van der Waals surface area contributed by atoms with Crippen molar-refractivity contribution in [3.63, 3.8) is 0 Å². The van der Waals surface area contributed by atoms with Crippen molar-refractivity contribution in [1.82, 2.24) is 15.6 Å². The van der Waals surface area contributed by atoms with E-state index in [-0.39, 0.29) is 0 Å². The second-order valence-corrected chi connectivity index (χ2v) is 5.70. The normalized spacial score (nSPS) is 9.37. The van der Waals surface area contributed by atoms with Crippen molar-refractivity contribution >= 4 is 35.8 Å². The zero-order valence-electron chi connectivity index (χ0n) is 15.5. The first-order valence-corrected chi connectivity index (χ1v) is 9.05. The molecule has 2 N–H and O–H groups in total. The average molecular weight is 405 g/mol. The van der Waals surface area contributed by atoms with Crippen LogP contribution in [0.1, 0.15) is 13.8 Å². The van der Waals surface area contributed by atoms with Crippen LogP contribution in [-0.4, -0.2) is 24.0 Å². The minimum atomic E-state index is 0.619. The number of halogens is 2. The number of aromatic nitrogens is 2. The van der Waals surface area contributed by atoms with E-state index in [9.17, 15) is 0 Å². The molecule has 0 aliphatic rings. The summed E-state index contributed by atoms with van der Waals surface area (Å²) in [5.41, 5.74) is 9.24. The van der Waals surface area contributed by atoms with E-state index < -0.39 is 0 Å². The Bertz CT molecular complexity index is 842. The number of carbonyl (C=O) groups is 1. The predicted octanol–water partition coefficient (Wildman–Crippen LogP) is 5.51. The minimum Gasteiger partial charge on any atom is -0.307 e. The number of hydrazine groups is 1. The molecular weight excluding hydrogens is 383 g/mol. The van der Waals surface area contributed by atoms with Crippen LogP contribution in [0.15, 0.2) is 54.6 Å². The summed E-state index contributed by atoms with van der Waals surface area (Å²) in [6.45, 7) is 6.00. The minimum absolute atomic E-state index is 0.619. The first-order valence-electron chi connectivity index (χ1n) is 8.29. The molecule has 0 saturated heterocycles. The van der Waals surface area contributed by atoms with Gasteiger partial charge in [0.1, 0.15) is 12.5 Å². The van der Waals surface area contributed by atoms with Crippen molar-refractivity contribution in [2.24, 2.45) is 0 Å². The lowest BCUT2D eigenvalue weighted by molar-refractivity contribution is -0.0979. The van der Waals surface area contributed by atoms with E-state index in [0.717, 1.165) is 22.4 Å². The van der Waals surface area contributed by atoms with Crippen LogP contribution >= 0.6 is 23.2 Å². The fraction of sp³-hybridized carbons (Fsp3) is 0.150. The van der Waals surface area contributed by atoms with Gasteiger partial charge in [0.15, 0.2) is 5.82 Å². The lowest BCUT2D eigenvalue weighted by Gasteiger charge is -2.12. The molecule has 0 aliphatic heterocycles. The summed E-state index contributed by atoms with van der Waals surface area (Å²) in [6.07, 6.45) is 0. The molecule has 0 fully saturated rings. The molecule has 1 aromatic heterocycles. The van der Waals surface area contributed by atoms with E-state index in [1.165, 1.54) is 0 Å². The maximum absolute atomic E-state index is 8.00. The van der Waals surface area contributed by atoms with E-state index in [1.54, 1.807) is 7.05 Å². The number of nitrogens with one attached hydrogen (secondary N) is 2. The molecule has 0 amide bonds. The molecule has 1 heterocycles. The lowest BCUT2D eigenvalue weighted by atomic mass is 10.00. The Kier molecular flexibility index (Phi) is 10.0. The van der Waals surface area contributed by atoms with Gasteiger partial charge in [-0.3, -0.25) is 0 Å². The van der Waals surface area contributed by atoms with Crippen molar-refractivity contribution in [2.45, 2.75) is 13.8 Å². The molecule has 5 nitrogen and oxygen atoms in total. The van der Waals surface area contributed by atoms with Gasteiger partial charge in [0, 0.05) is 23.2 Å². The van der Waals surface area contributed by atoms with Crippen LogP contribution in [0.4, 0.5) is 5.82 Å². The number of rotatable bonds is 4. The number of nitrogens with zero attached hydrogens (tertiary/aromatic N) is 2. The first kappa shape index (κ1) is 22.6. The quantitative estimate of drug-likeness (QED) is 0.561. The fourth-order valence-corrected chi connectivity index (χ4v) is 2.63. The van der Waals surface area contributed by atoms with Crippen LogP contribution in [0.25, 0.3) is 22.4 Å². The third-order valence-electron chi connectivity index (χ3n) is 3.33. The van der Waals surface area contributed by atoms with Crippen molar-refractivity contribution in [3.8, 4) is 22.4 Å². The van der Waals surface area contributed by atoms with Gasteiger partial charge in [-0.15, -0.1) is 10.2 Å². The van der Waals surface area contributed by atoms with Crippen LogP contribution < -0.4 is 10.9 Å². The number of hydrogen-bond donors (Lipinski definition) is 2. The highest BCUT2D eigenvalue weighted by Gasteiger charge is 2.14. The van der Waals surface area contributed by atoms with Crippen LogP contribution in [0, 0.1) is 0 Å². The molecule has 2 aromatic carbocycles. The van der Waals surface area contributed by atoms with Crippen molar-refractivity contribution in [1.29, 1.82) is 0 Å². The second-order valence-electron chi connectivity index (χ2n) is 4.85. The summed E-state index contributed by atoms with van der Waals surface area (Å²) >= 11 is 12.3. The summed E-state index contributed by atoms with van der Waals surface area (Å²) in [4.78, 5) is 8.00. The number of benzene rings is 2. The average Bonchev–Trinajstić information content (AvgIpc) is 2.72. The number of carbonyl (C=O) groups excluding carboxylic acids is 1. The first-order chi connectivity index (χ1) is 13.2. The Labute approximate surface area is 169 Å². The summed E-state index contributed by atoms with van der Waals surface area (Å²) in [7, 11) is 1.77. The molecule has 0 aliphatic carbocycles. The highest BCUT2D eigenvalue weighted by molar-refractivity contribution is 6.33. The molecular formula is C20H22Cl2N4O. The van der Waals surface area contributed by atoms with Gasteiger partial charge < -0.3 is 10.2 Å². The molecule has 3 rings (SSSR count). The van der Waals surface area contributed by atoms with Gasteiger partial charge >= 0.3 is 0 Å². The van der Waals surface area contributed by atoms with E-state index in [4.69, 9.17) is 28.0 Å². The largest absolute Gasteiger partial charge is 0.307 e. The third-order valence-corrected chi connectivity index (χ3v) is 3.91. The van der Waals surface area contributed by atoms with Crippen LogP contribution in [0.2, 0.25) is 10.0 Å². The molecule has 27 heavy (non-hydrogen) atoms. The summed E-state index contributed by atoms with van der Waals surface area (Å²) in [5.74, 6) is 0.619. The molecule has 0 spiro atoms. The molecule has 0 unspecified atom stereocenters. The Morgan fingerprint density at radius 1 is 0.889 bits per heavy atom. The Morgan fingerprint density at radius 3 is 2.11 bits per heavy atom. The molecule has 0 saturated carbocycles. The van der Waals surface area contributed by atoms with Gasteiger partial charge in [-0.25, -0.2) is 5.43 Å². The maximum atomic E-state index is 8.00. The zero-order valence-corrected chi connectivity index (χ0v) is 17.0. The molecule has 0 radical (unpaired) electrons. The van der Waals surface area contributed by atoms with Crippen molar-refractivity contribution < 1.29 is 4.79 Å². The van der Waals surface area contributed by atoms with Gasteiger partial charge in [-0.2, -0.15) is 0 Å². The molecule has 3 aromatic rings. The van der Waals surface area contributed by atoms with Gasteiger partial charge in [0.2, 0.25) is 0 Å². The predicted molar refractivity (Wildman–Crippen MR) is 114 cm³/mol. The zero-order chi connectivity index (χ0) is 20.2. The van der Waals surface area contributed by atoms with Crippen molar-refractivity contribution in [2.75, 3.05) is 12.5 Å². The molecule has 0 atom stereocenters. The number of anilines is 1. The van der Waals surface area contributed by atoms with Crippen LogP contribution in [0.3, 0.4) is 0 Å². The Hall–Kier alpha value is -2.47. The third kappa shape index (κ3) is 6.03. The van der Waals surface area contributed by atoms with Gasteiger partial charge in [0.05, 0.1) is 5.02 Å².